The van der Waals surface area contributed by atoms with Gasteiger partial charge in [-0.25, -0.2) is 8.78 Å². The summed E-state index contributed by atoms with van der Waals surface area (Å²) in [5.41, 5.74) is 0.357. The van der Waals surface area contributed by atoms with E-state index in [1.165, 1.54) is 12.1 Å². The molecule has 0 aromatic heterocycles. The second kappa shape index (κ2) is 6.47. The molecule has 2 aromatic rings. The van der Waals surface area contributed by atoms with Crippen molar-refractivity contribution in [3.05, 3.63) is 71.3 Å². The first kappa shape index (κ1) is 17.2. The van der Waals surface area contributed by atoms with E-state index in [4.69, 9.17) is 0 Å². The van der Waals surface area contributed by atoms with Gasteiger partial charge < -0.3 is 4.90 Å². The van der Waals surface area contributed by atoms with Crippen LogP contribution in [0.4, 0.5) is 8.78 Å². The highest BCUT2D eigenvalue weighted by molar-refractivity contribution is 5.91. The van der Waals surface area contributed by atoms with Gasteiger partial charge in [-0.05, 0) is 32.0 Å². The Morgan fingerprint density at radius 3 is 2.31 bits per heavy atom. The van der Waals surface area contributed by atoms with Gasteiger partial charge in [0.2, 0.25) is 5.91 Å². The molecule has 5 heteroatoms. The van der Waals surface area contributed by atoms with Crippen molar-refractivity contribution < 1.29 is 13.6 Å². The smallest absolute Gasteiger partial charge is 0.233 e. The molecule has 0 N–H and O–H groups in total. The Hall–Kier alpha value is -2.27. The van der Waals surface area contributed by atoms with Gasteiger partial charge >= 0.3 is 0 Å². The van der Waals surface area contributed by atoms with Crippen LogP contribution < -0.4 is 0 Å². The fourth-order valence-electron chi connectivity index (χ4n) is 4.01. The Balaban J connectivity index is 1.60. The number of carbonyl (C=O) groups excluding carboxylic acids is 1. The second-order valence-corrected chi connectivity index (χ2v) is 7.33. The lowest BCUT2D eigenvalue weighted by molar-refractivity contribution is -0.137. The van der Waals surface area contributed by atoms with Crippen LogP contribution in [0, 0.1) is 11.6 Å². The Kier molecular flexibility index (Phi) is 4.27. The number of benzene rings is 2. The fraction of sp³-hybridized carbons (Fsp3) is 0.381. The van der Waals surface area contributed by atoms with E-state index in [1.807, 2.05) is 13.1 Å². The molecule has 2 fully saturated rings. The first-order valence-electron chi connectivity index (χ1n) is 9.02. The molecule has 1 atom stereocenters. The highest BCUT2D eigenvalue weighted by atomic mass is 19.1. The summed E-state index contributed by atoms with van der Waals surface area (Å²) in [5.74, 6) is -0.607. The molecule has 2 aliphatic rings. The third-order valence-electron chi connectivity index (χ3n) is 5.75. The number of carbonyl (C=O) groups is 1. The van der Waals surface area contributed by atoms with Gasteiger partial charge in [0.05, 0.1) is 11.5 Å². The Morgan fingerprint density at radius 2 is 1.65 bits per heavy atom. The van der Waals surface area contributed by atoms with Gasteiger partial charge in [0.25, 0.3) is 0 Å². The molecule has 1 saturated heterocycles. The number of halogens is 2. The van der Waals surface area contributed by atoms with Crippen molar-refractivity contribution in [1.82, 2.24) is 9.80 Å². The van der Waals surface area contributed by atoms with Crippen LogP contribution in [0.15, 0.2) is 48.5 Å². The quantitative estimate of drug-likeness (QED) is 0.840. The molecule has 26 heavy (non-hydrogen) atoms. The standard InChI is InChI=1S/C21H22F2N2O/c1-24-12-13-25(14-19(24)15-6-2-4-8-17(15)22)20(26)21(10-11-21)16-7-3-5-9-18(16)23/h2-9,19H,10-14H2,1H3. The van der Waals surface area contributed by atoms with Crippen LogP contribution >= 0.6 is 0 Å². The van der Waals surface area contributed by atoms with Crippen LogP contribution in [0.5, 0.6) is 0 Å². The zero-order chi connectivity index (χ0) is 18.3. The predicted molar refractivity (Wildman–Crippen MR) is 95.7 cm³/mol. The normalized spacial score (nSPS) is 22.3. The molecular weight excluding hydrogens is 334 g/mol. The van der Waals surface area contributed by atoms with Crippen LogP contribution in [0.1, 0.15) is 30.0 Å². The number of hydrogen-bond donors (Lipinski definition) is 0. The zero-order valence-corrected chi connectivity index (χ0v) is 14.8. The maximum atomic E-state index is 14.3. The number of amides is 1. The lowest BCUT2D eigenvalue weighted by Crippen LogP contribution is -2.52. The third kappa shape index (κ3) is 2.80. The number of piperazine rings is 1. The molecule has 1 aliphatic heterocycles. The minimum atomic E-state index is -0.735. The van der Waals surface area contributed by atoms with Crippen LogP contribution in [-0.2, 0) is 10.2 Å². The highest BCUT2D eigenvalue weighted by Gasteiger charge is 2.54. The number of rotatable bonds is 3. The van der Waals surface area contributed by atoms with Gasteiger partial charge in [0.15, 0.2) is 0 Å². The molecule has 3 nitrogen and oxygen atoms in total. The second-order valence-electron chi connectivity index (χ2n) is 7.33. The van der Waals surface area contributed by atoms with Gasteiger partial charge in [-0.2, -0.15) is 0 Å². The van der Waals surface area contributed by atoms with E-state index < -0.39 is 5.41 Å². The van der Waals surface area contributed by atoms with E-state index in [0.717, 1.165) is 0 Å². The minimum Gasteiger partial charge on any atom is -0.339 e. The van der Waals surface area contributed by atoms with Crippen molar-refractivity contribution in [3.63, 3.8) is 0 Å². The van der Waals surface area contributed by atoms with Crippen LogP contribution in [0.25, 0.3) is 0 Å². The molecule has 1 heterocycles. The van der Waals surface area contributed by atoms with E-state index in [2.05, 4.69) is 4.90 Å². The van der Waals surface area contributed by atoms with Gasteiger partial charge in [-0.1, -0.05) is 36.4 Å². The van der Waals surface area contributed by atoms with Crippen LogP contribution in [0.2, 0.25) is 0 Å². The first-order valence-corrected chi connectivity index (χ1v) is 9.02. The molecule has 2 aromatic carbocycles. The van der Waals surface area contributed by atoms with Crippen molar-refractivity contribution in [1.29, 1.82) is 0 Å². The largest absolute Gasteiger partial charge is 0.339 e. The summed E-state index contributed by atoms with van der Waals surface area (Å²) >= 11 is 0. The van der Waals surface area contributed by atoms with Gasteiger partial charge in [-0.3, -0.25) is 9.69 Å². The van der Waals surface area contributed by atoms with Crippen molar-refractivity contribution in [2.24, 2.45) is 0 Å². The molecule has 1 unspecified atom stereocenters. The summed E-state index contributed by atoms with van der Waals surface area (Å²) in [6.07, 6.45) is 1.34. The molecule has 1 aliphatic carbocycles. The summed E-state index contributed by atoms with van der Waals surface area (Å²) < 4.78 is 28.5. The minimum absolute atomic E-state index is 0.0305. The first-order chi connectivity index (χ1) is 12.5. The van der Waals surface area contributed by atoms with Crippen molar-refractivity contribution in [2.75, 3.05) is 26.7 Å². The molecule has 0 spiro atoms. The van der Waals surface area contributed by atoms with Gasteiger partial charge in [0.1, 0.15) is 11.6 Å². The van der Waals surface area contributed by atoms with E-state index in [0.29, 0.717) is 43.6 Å². The molecule has 0 bridgehead atoms. The lowest BCUT2D eigenvalue weighted by atomic mass is 9.92. The fourth-order valence-corrected chi connectivity index (χ4v) is 4.01. The van der Waals surface area contributed by atoms with Crippen LogP contribution in [-0.4, -0.2) is 42.4 Å². The van der Waals surface area contributed by atoms with E-state index in [9.17, 15) is 13.6 Å². The van der Waals surface area contributed by atoms with Crippen molar-refractivity contribution in [3.8, 4) is 0 Å². The number of hydrogen-bond acceptors (Lipinski definition) is 2. The maximum Gasteiger partial charge on any atom is 0.233 e. The summed E-state index contributed by atoms with van der Waals surface area (Å²) in [6.45, 7) is 1.67. The summed E-state index contributed by atoms with van der Waals surface area (Å²) in [7, 11) is 1.95. The Morgan fingerprint density at radius 1 is 1.00 bits per heavy atom. The number of likely N-dealkylation sites (N-methyl/N-ethyl adjacent to an activating group) is 1. The predicted octanol–water partition coefficient (Wildman–Crippen LogP) is 3.51. The van der Waals surface area contributed by atoms with Crippen molar-refractivity contribution in [2.45, 2.75) is 24.3 Å². The van der Waals surface area contributed by atoms with Crippen molar-refractivity contribution >= 4 is 5.91 Å². The molecule has 136 valence electrons. The highest BCUT2D eigenvalue weighted by Crippen LogP contribution is 2.50. The SMILES string of the molecule is CN1CCN(C(=O)C2(c3ccccc3F)CC2)CC1c1ccccc1F. The average molecular weight is 356 g/mol. The molecule has 1 amide bonds. The lowest BCUT2D eigenvalue weighted by Gasteiger charge is -2.41. The topological polar surface area (TPSA) is 23.6 Å². The van der Waals surface area contributed by atoms with E-state index >= 15 is 0 Å². The summed E-state index contributed by atoms with van der Waals surface area (Å²) in [4.78, 5) is 17.1. The molecule has 0 radical (unpaired) electrons. The van der Waals surface area contributed by atoms with E-state index in [-0.39, 0.29) is 23.6 Å². The third-order valence-corrected chi connectivity index (χ3v) is 5.75. The summed E-state index contributed by atoms with van der Waals surface area (Å²) in [5, 5.41) is 0. The molecule has 1 saturated carbocycles. The number of nitrogens with zero attached hydrogens (tertiary/aromatic N) is 2. The Bertz CT molecular complexity index is 834. The maximum absolute atomic E-state index is 14.3. The Labute approximate surface area is 152 Å². The van der Waals surface area contributed by atoms with Crippen LogP contribution in [0.3, 0.4) is 0 Å². The van der Waals surface area contributed by atoms with Gasteiger partial charge in [-0.15, -0.1) is 0 Å². The summed E-state index contributed by atoms with van der Waals surface area (Å²) in [6, 6.07) is 13.1. The molecule has 4 rings (SSSR count). The average Bonchev–Trinajstić information content (AvgIpc) is 3.44. The zero-order valence-electron chi connectivity index (χ0n) is 14.8. The van der Waals surface area contributed by atoms with E-state index in [1.54, 1.807) is 35.2 Å². The van der Waals surface area contributed by atoms with Gasteiger partial charge in [0, 0.05) is 30.8 Å². The monoisotopic (exact) mass is 356 g/mol. The molecular formula is C21H22F2N2O.